The molecule has 2 nitrogen and oxygen atoms in total. The first-order valence-electron chi connectivity index (χ1n) is 9.39. The Hall–Kier alpha value is 0.908. The van der Waals surface area contributed by atoms with Crippen molar-refractivity contribution in [2.75, 3.05) is 0 Å². The van der Waals surface area contributed by atoms with E-state index in [4.69, 9.17) is 0 Å². The molecule has 0 aromatic heterocycles. The van der Waals surface area contributed by atoms with E-state index < -0.39 is 0 Å². The van der Waals surface area contributed by atoms with Crippen LogP contribution >= 0.6 is 24.4 Å². The molecule has 0 radical (unpaired) electrons. The second kappa shape index (κ2) is 29.7. The number of nitrogens with two attached hydrogens (primary N) is 2. The minimum Gasteiger partial charge on any atom is -0.415 e. The van der Waals surface area contributed by atoms with Crippen LogP contribution in [0.3, 0.4) is 0 Å². The van der Waals surface area contributed by atoms with E-state index in [2.05, 4.69) is 75.0 Å². The molecule has 0 aliphatic heterocycles. The number of thiocarbonyl (C=S) groups is 2. The third kappa shape index (κ3) is 58.8. The summed E-state index contributed by atoms with van der Waals surface area (Å²) in [4.78, 5) is 3.23. The first kappa shape index (κ1) is 30.6. The van der Waals surface area contributed by atoms with Crippen molar-refractivity contribution in [2.24, 2.45) is 11.5 Å². The fourth-order valence-corrected chi connectivity index (χ4v) is 4.58. The van der Waals surface area contributed by atoms with Gasteiger partial charge < -0.3 is 61.2 Å². The van der Waals surface area contributed by atoms with Crippen LogP contribution in [0.25, 0.3) is 0 Å². The van der Waals surface area contributed by atoms with Crippen LogP contribution in [0.15, 0.2) is 0 Å². The number of rotatable bonds is 14. The molecule has 0 fully saturated rings. The summed E-state index contributed by atoms with van der Waals surface area (Å²) in [6, 6.07) is 0. The summed E-state index contributed by atoms with van der Waals surface area (Å²) in [6.07, 6.45) is 17.7. The molecule has 0 aromatic rings. The summed E-state index contributed by atoms with van der Waals surface area (Å²) < 4.78 is 0.167. The normalized spacial score (nSPS) is 9.20. The zero-order valence-corrected chi connectivity index (χ0v) is 21.4. The molecule has 0 unspecified atom stereocenters. The van der Waals surface area contributed by atoms with Gasteiger partial charge in [-0.15, -0.1) is 0 Å². The average molecular weight is 507 g/mol. The molecule has 0 atom stereocenters. The number of hydrogen-bond acceptors (Lipinski definition) is 4. The first-order chi connectivity index (χ1) is 11.9. The predicted molar refractivity (Wildman–Crippen MR) is 125 cm³/mol. The van der Waals surface area contributed by atoms with Gasteiger partial charge in [-0.2, -0.15) is 0 Å². The van der Waals surface area contributed by atoms with Crippen molar-refractivity contribution in [1.82, 2.24) is 0 Å². The largest absolute Gasteiger partial charge is 0.415 e. The van der Waals surface area contributed by atoms with Gasteiger partial charge in [0, 0.05) is 0 Å². The van der Waals surface area contributed by atoms with Gasteiger partial charge >= 0.3 is 119 Å². The third-order valence-corrected chi connectivity index (χ3v) is 6.12. The van der Waals surface area contributed by atoms with Gasteiger partial charge in [0.2, 0.25) is 0 Å². The number of hydrogen-bond donors (Lipinski definition) is 2. The number of unbranched alkanes of at least 4 members (excludes halogenated alkanes) is 10. The van der Waals surface area contributed by atoms with Gasteiger partial charge in [-0.05, 0) is 0 Å². The van der Waals surface area contributed by atoms with Crippen LogP contribution in [0, 0.1) is 0 Å². The molecule has 0 saturated heterocycles. The Labute approximate surface area is 187 Å². The molecule has 7 heteroatoms. The van der Waals surface area contributed by atoms with E-state index in [1.165, 1.54) is 64.2 Å². The van der Waals surface area contributed by atoms with Crippen molar-refractivity contribution in [1.29, 1.82) is 0 Å². The van der Waals surface area contributed by atoms with Crippen LogP contribution in [-0.2, 0) is 43.8 Å². The SMILES string of the molecule is CCCCCCC[CH2][Mo+2][CH2]CCCCCCC.NC(=S)[S-].NC(=S)[S-]. The van der Waals surface area contributed by atoms with Crippen LogP contribution in [-0.4, -0.2) is 8.64 Å². The monoisotopic (exact) mass is 508 g/mol. The fourth-order valence-electron chi connectivity index (χ4n) is 2.07. The molecule has 0 spiro atoms. The minimum atomic E-state index is 0.0833. The molecule has 0 rings (SSSR count). The van der Waals surface area contributed by atoms with Gasteiger partial charge in [-0.1, -0.05) is 8.64 Å². The maximum Gasteiger partial charge on any atom is -0.0708 e. The fraction of sp³-hybridized carbons (Fsp3) is 0.889. The van der Waals surface area contributed by atoms with Gasteiger partial charge in [-0.3, -0.25) is 0 Å². The second-order valence-corrected chi connectivity index (χ2v) is 11.1. The summed E-state index contributed by atoms with van der Waals surface area (Å²) in [7, 11) is 0. The van der Waals surface area contributed by atoms with Crippen LogP contribution in [0.4, 0.5) is 0 Å². The molecular weight excluding hydrogens is 468 g/mol. The Morgan fingerprint density at radius 2 is 0.880 bits per heavy atom. The Balaban J connectivity index is -0.000000503. The zero-order valence-electron chi connectivity index (χ0n) is 16.1. The van der Waals surface area contributed by atoms with E-state index in [0.717, 1.165) is 0 Å². The van der Waals surface area contributed by atoms with E-state index in [-0.39, 0.29) is 8.64 Å². The van der Waals surface area contributed by atoms with E-state index >= 15 is 0 Å². The first-order valence-corrected chi connectivity index (χ1v) is 13.9. The molecule has 150 valence electrons. The maximum atomic E-state index is 4.66. The van der Waals surface area contributed by atoms with Gasteiger partial charge in [-0.25, -0.2) is 0 Å². The smallest absolute Gasteiger partial charge is 0.0708 e. The van der Waals surface area contributed by atoms with Crippen molar-refractivity contribution in [3.8, 4) is 0 Å². The van der Waals surface area contributed by atoms with E-state index in [0.29, 0.717) is 18.6 Å². The van der Waals surface area contributed by atoms with E-state index in [9.17, 15) is 0 Å². The Morgan fingerprint density at radius 3 is 1.16 bits per heavy atom. The quantitative estimate of drug-likeness (QED) is 0.127. The summed E-state index contributed by atoms with van der Waals surface area (Å²) in [6.45, 7) is 4.60. The van der Waals surface area contributed by atoms with Gasteiger partial charge in [0.15, 0.2) is 0 Å². The van der Waals surface area contributed by atoms with Crippen LogP contribution in [0.1, 0.15) is 90.9 Å². The molecular formula is C18H38MoN2S4. The molecule has 25 heavy (non-hydrogen) atoms. The molecule has 0 amide bonds. The van der Waals surface area contributed by atoms with Gasteiger partial charge in [0.1, 0.15) is 0 Å². The predicted octanol–water partition coefficient (Wildman–Crippen LogP) is 6.18. The minimum absolute atomic E-state index is 0.0833. The van der Waals surface area contributed by atoms with Gasteiger partial charge in [0.05, 0.1) is 0 Å². The molecule has 0 aromatic carbocycles. The van der Waals surface area contributed by atoms with Crippen LogP contribution < -0.4 is 11.5 Å². The Morgan fingerprint density at radius 1 is 0.640 bits per heavy atom. The van der Waals surface area contributed by atoms with Crippen molar-refractivity contribution in [2.45, 2.75) is 101 Å². The topological polar surface area (TPSA) is 52.0 Å². The van der Waals surface area contributed by atoms with E-state index in [1.54, 1.807) is 22.5 Å². The average Bonchev–Trinajstić information content (AvgIpc) is 2.51. The third-order valence-electron chi connectivity index (χ3n) is 3.28. The summed E-state index contributed by atoms with van der Waals surface area (Å²) in [5.74, 6) is 0. The molecule has 4 N–H and O–H groups in total. The standard InChI is InChI=1S/2C8H17.2CH3NS2.Mo/c2*1-3-5-7-8-6-4-2;2*2-1(3)4;/h2*1,3-8H2,2H3;2*(H3,2,3,4);/q;;;;+2/p-2. The molecule has 0 aliphatic carbocycles. The summed E-state index contributed by atoms with van der Waals surface area (Å²) in [5, 5.41) is 0. The zero-order chi connectivity index (χ0) is 19.8. The molecule has 0 bridgehead atoms. The van der Waals surface area contributed by atoms with E-state index in [1.807, 2.05) is 0 Å². The van der Waals surface area contributed by atoms with Crippen molar-refractivity contribution in [3.63, 3.8) is 0 Å². The second-order valence-electron chi connectivity index (χ2n) is 5.79. The van der Waals surface area contributed by atoms with Crippen molar-refractivity contribution < 1.29 is 18.6 Å². The molecule has 0 aliphatic rings. The molecule has 0 saturated carbocycles. The van der Waals surface area contributed by atoms with Crippen molar-refractivity contribution in [3.05, 3.63) is 0 Å². The maximum absolute atomic E-state index is 4.66. The summed E-state index contributed by atoms with van der Waals surface area (Å²) >= 11 is 16.9. The van der Waals surface area contributed by atoms with Crippen LogP contribution in [0.5, 0.6) is 0 Å². The van der Waals surface area contributed by atoms with Gasteiger partial charge in [0.25, 0.3) is 0 Å². The Kier molecular flexibility index (Phi) is 36.3. The Bertz CT molecular complexity index is 246. The summed E-state index contributed by atoms with van der Waals surface area (Å²) in [5.41, 5.74) is 9.31. The van der Waals surface area contributed by atoms with Crippen LogP contribution in [0.2, 0.25) is 9.62 Å². The van der Waals surface area contributed by atoms with Crippen molar-refractivity contribution >= 4 is 58.3 Å². The molecule has 0 heterocycles.